The molecule has 1 aromatic carbocycles. The van der Waals surface area contributed by atoms with Crippen LogP contribution in [-0.4, -0.2) is 9.13 Å². The van der Waals surface area contributed by atoms with Gasteiger partial charge in [-0.3, -0.25) is 13.9 Å². The van der Waals surface area contributed by atoms with E-state index in [9.17, 15) is 14.9 Å². The second kappa shape index (κ2) is 5.92. The smallest absolute Gasteiger partial charge is 0.332 e. The topological polar surface area (TPSA) is 79.8 Å². The maximum atomic E-state index is 12.3. The summed E-state index contributed by atoms with van der Waals surface area (Å²) in [5.41, 5.74) is 1.26. The van der Waals surface area contributed by atoms with Crippen LogP contribution in [0.3, 0.4) is 0 Å². The average molecular weight is 338 g/mol. The van der Waals surface area contributed by atoms with Crippen molar-refractivity contribution in [2.24, 2.45) is 19.5 Å². The van der Waals surface area contributed by atoms with Gasteiger partial charge in [0.2, 0.25) is 0 Å². The molecule has 25 heavy (non-hydrogen) atoms. The number of nitrogens with zero attached hydrogens (tertiary/aromatic N) is 3. The zero-order chi connectivity index (χ0) is 18.4. The molecule has 2 aromatic rings. The maximum Gasteiger partial charge on any atom is 0.332 e. The standard InChI is InChI=1S/C19H22N4O2/c1-19(2)10-9-12-7-5-6-8-13(12)15(19)21-16-14(11-20)17(24)23(4)18(25)22(16)3/h5-8,15,21H,9-10H2,1-4H3. The first-order valence-electron chi connectivity index (χ1n) is 8.32. The highest BCUT2D eigenvalue weighted by molar-refractivity contribution is 5.54. The predicted octanol–water partition coefficient (Wildman–Crippen LogP) is 2.08. The molecular weight excluding hydrogens is 316 g/mol. The van der Waals surface area contributed by atoms with E-state index < -0.39 is 11.2 Å². The number of nitrogens with one attached hydrogen (secondary N) is 1. The summed E-state index contributed by atoms with van der Waals surface area (Å²) in [5, 5.41) is 12.8. The summed E-state index contributed by atoms with van der Waals surface area (Å²) in [7, 11) is 2.96. The summed E-state index contributed by atoms with van der Waals surface area (Å²) >= 11 is 0. The Kier molecular flexibility index (Phi) is 4.03. The number of rotatable bonds is 2. The first kappa shape index (κ1) is 17.0. The number of anilines is 1. The SMILES string of the molecule is Cn1c(NC2c3ccccc3CCC2(C)C)c(C#N)c(=O)n(C)c1=O. The van der Waals surface area contributed by atoms with Crippen LogP contribution in [0.5, 0.6) is 0 Å². The molecule has 1 unspecified atom stereocenters. The van der Waals surface area contributed by atoms with Crippen molar-refractivity contribution in [1.82, 2.24) is 9.13 Å². The molecule has 1 aliphatic carbocycles. The van der Waals surface area contributed by atoms with Crippen LogP contribution in [0.2, 0.25) is 0 Å². The van der Waals surface area contributed by atoms with Gasteiger partial charge in [0.25, 0.3) is 5.56 Å². The maximum absolute atomic E-state index is 12.3. The highest BCUT2D eigenvalue weighted by Crippen LogP contribution is 2.45. The molecule has 130 valence electrons. The molecule has 3 rings (SSSR count). The van der Waals surface area contributed by atoms with E-state index in [-0.39, 0.29) is 22.8 Å². The molecule has 1 atom stereocenters. The van der Waals surface area contributed by atoms with Gasteiger partial charge in [-0.15, -0.1) is 0 Å². The average Bonchev–Trinajstić information content (AvgIpc) is 2.60. The fraction of sp³-hybridized carbons (Fsp3) is 0.421. The van der Waals surface area contributed by atoms with E-state index in [4.69, 9.17) is 0 Å². The molecule has 0 fully saturated rings. The van der Waals surface area contributed by atoms with Crippen molar-refractivity contribution < 1.29 is 0 Å². The largest absolute Gasteiger partial charge is 0.363 e. The van der Waals surface area contributed by atoms with Crippen molar-refractivity contribution in [2.75, 3.05) is 5.32 Å². The number of benzene rings is 1. The molecule has 1 aromatic heterocycles. The van der Waals surface area contributed by atoms with Crippen LogP contribution in [0.4, 0.5) is 5.82 Å². The van der Waals surface area contributed by atoms with E-state index in [1.165, 1.54) is 17.2 Å². The summed E-state index contributed by atoms with van der Waals surface area (Å²) in [4.78, 5) is 24.6. The van der Waals surface area contributed by atoms with E-state index in [0.717, 1.165) is 23.0 Å². The summed E-state index contributed by atoms with van der Waals surface area (Å²) in [6.07, 6.45) is 1.96. The molecule has 1 N–H and O–H groups in total. The highest BCUT2D eigenvalue weighted by Gasteiger charge is 2.36. The number of aromatic nitrogens is 2. The Morgan fingerprint density at radius 3 is 2.56 bits per heavy atom. The number of hydrogen-bond donors (Lipinski definition) is 1. The fourth-order valence-corrected chi connectivity index (χ4v) is 3.59. The van der Waals surface area contributed by atoms with Gasteiger partial charge in [-0.25, -0.2) is 4.79 Å². The van der Waals surface area contributed by atoms with Gasteiger partial charge in [0.15, 0.2) is 5.56 Å². The van der Waals surface area contributed by atoms with Crippen LogP contribution in [-0.2, 0) is 20.5 Å². The fourth-order valence-electron chi connectivity index (χ4n) is 3.59. The van der Waals surface area contributed by atoms with Crippen molar-refractivity contribution >= 4 is 5.82 Å². The van der Waals surface area contributed by atoms with Crippen LogP contribution < -0.4 is 16.6 Å². The Bertz CT molecular complexity index is 992. The zero-order valence-corrected chi connectivity index (χ0v) is 15.0. The van der Waals surface area contributed by atoms with Crippen LogP contribution in [0.25, 0.3) is 0 Å². The molecule has 0 spiro atoms. The van der Waals surface area contributed by atoms with Crippen molar-refractivity contribution in [2.45, 2.75) is 32.7 Å². The van der Waals surface area contributed by atoms with Gasteiger partial charge < -0.3 is 5.32 Å². The predicted molar refractivity (Wildman–Crippen MR) is 96.5 cm³/mol. The first-order chi connectivity index (χ1) is 11.8. The minimum Gasteiger partial charge on any atom is -0.363 e. The highest BCUT2D eigenvalue weighted by atomic mass is 16.2. The lowest BCUT2D eigenvalue weighted by Crippen LogP contribution is -2.42. The van der Waals surface area contributed by atoms with Crippen molar-refractivity contribution in [3.8, 4) is 6.07 Å². The molecule has 6 heteroatoms. The molecule has 1 heterocycles. The Morgan fingerprint density at radius 1 is 1.20 bits per heavy atom. The van der Waals surface area contributed by atoms with E-state index in [2.05, 4.69) is 31.3 Å². The molecule has 6 nitrogen and oxygen atoms in total. The molecular formula is C19H22N4O2. The molecule has 1 aliphatic rings. The Morgan fingerprint density at radius 2 is 1.88 bits per heavy atom. The minimum absolute atomic E-state index is 0.0385. The molecule has 0 amide bonds. The first-order valence-corrected chi connectivity index (χ1v) is 8.32. The molecule has 0 aliphatic heterocycles. The van der Waals surface area contributed by atoms with Gasteiger partial charge in [-0.2, -0.15) is 5.26 Å². The summed E-state index contributed by atoms with van der Waals surface area (Å²) in [6.45, 7) is 4.32. The number of nitriles is 1. The molecule has 0 bridgehead atoms. The van der Waals surface area contributed by atoms with Gasteiger partial charge in [0.1, 0.15) is 11.9 Å². The van der Waals surface area contributed by atoms with E-state index in [0.29, 0.717) is 0 Å². The number of hydrogen-bond acceptors (Lipinski definition) is 4. The van der Waals surface area contributed by atoms with Gasteiger partial charge in [0.05, 0.1) is 6.04 Å². The normalized spacial score (nSPS) is 18.3. The van der Waals surface area contributed by atoms with E-state index >= 15 is 0 Å². The van der Waals surface area contributed by atoms with E-state index in [1.54, 1.807) is 7.05 Å². The van der Waals surface area contributed by atoms with Crippen LogP contribution >= 0.6 is 0 Å². The second-order valence-electron chi connectivity index (χ2n) is 7.31. The molecule has 0 saturated carbocycles. The van der Waals surface area contributed by atoms with E-state index in [1.807, 2.05) is 18.2 Å². The van der Waals surface area contributed by atoms with Crippen molar-refractivity contribution in [1.29, 1.82) is 5.26 Å². The van der Waals surface area contributed by atoms with Gasteiger partial charge in [-0.05, 0) is 29.4 Å². The number of aryl methyl sites for hydroxylation is 1. The Labute approximate surface area is 146 Å². The third-order valence-corrected chi connectivity index (χ3v) is 5.24. The lowest BCUT2D eigenvalue weighted by atomic mass is 9.70. The summed E-state index contributed by atoms with van der Waals surface area (Å²) in [5.74, 6) is 0.283. The van der Waals surface area contributed by atoms with Gasteiger partial charge in [-0.1, -0.05) is 38.1 Å². The Balaban J connectivity index is 2.20. The van der Waals surface area contributed by atoms with Crippen LogP contribution in [0, 0.1) is 16.7 Å². The molecule has 0 saturated heterocycles. The monoisotopic (exact) mass is 338 g/mol. The van der Waals surface area contributed by atoms with Gasteiger partial charge >= 0.3 is 5.69 Å². The summed E-state index contributed by atoms with van der Waals surface area (Å²) in [6, 6.07) is 10.0. The Hall–Kier alpha value is -2.81. The summed E-state index contributed by atoms with van der Waals surface area (Å²) < 4.78 is 2.30. The second-order valence-corrected chi connectivity index (χ2v) is 7.31. The quantitative estimate of drug-likeness (QED) is 0.909. The lowest BCUT2D eigenvalue weighted by Gasteiger charge is -2.41. The van der Waals surface area contributed by atoms with Gasteiger partial charge in [0, 0.05) is 14.1 Å². The molecule has 0 radical (unpaired) electrons. The van der Waals surface area contributed by atoms with Crippen molar-refractivity contribution in [3.05, 3.63) is 61.8 Å². The van der Waals surface area contributed by atoms with Crippen molar-refractivity contribution in [3.63, 3.8) is 0 Å². The van der Waals surface area contributed by atoms with Crippen LogP contribution in [0.15, 0.2) is 33.9 Å². The lowest BCUT2D eigenvalue weighted by molar-refractivity contribution is 0.264. The zero-order valence-electron chi connectivity index (χ0n) is 15.0. The minimum atomic E-state index is -0.574. The third-order valence-electron chi connectivity index (χ3n) is 5.24. The van der Waals surface area contributed by atoms with Crippen LogP contribution in [0.1, 0.15) is 43.0 Å². The third kappa shape index (κ3) is 2.66. The number of fused-ring (bicyclic) bond motifs is 1.